The monoisotopic (exact) mass is 598 g/mol. The molecule has 0 radical (unpaired) electrons. The highest BCUT2D eigenvalue weighted by Gasteiger charge is 2.43. The van der Waals surface area contributed by atoms with Crippen molar-refractivity contribution in [2.24, 2.45) is 0 Å². The number of barbiturate groups is 1. The summed E-state index contributed by atoms with van der Waals surface area (Å²) >= 11 is 6.66. The van der Waals surface area contributed by atoms with Crippen LogP contribution in [0.4, 0.5) is 16.2 Å². The summed E-state index contributed by atoms with van der Waals surface area (Å²) in [6, 6.07) is 19.0. The number of para-hydroxylation sites is 2. The SMILES string of the molecule is O=C(O)COc1c(Br)cc(C=C2C(=O)N(c3ccccc3)C(=O)N(c3ccccc3)C2=O)cc1Br. The Morgan fingerprint density at radius 3 is 1.71 bits per heavy atom. The second-order valence-corrected chi connectivity index (χ2v) is 9.00. The van der Waals surface area contributed by atoms with Crippen molar-refractivity contribution in [1.29, 1.82) is 0 Å². The summed E-state index contributed by atoms with van der Waals surface area (Å²) in [6.45, 7) is -0.547. The van der Waals surface area contributed by atoms with E-state index in [4.69, 9.17) is 9.84 Å². The highest BCUT2D eigenvalue weighted by atomic mass is 79.9. The summed E-state index contributed by atoms with van der Waals surface area (Å²) in [5.74, 6) is -2.42. The minimum absolute atomic E-state index is 0.227. The topological polar surface area (TPSA) is 104 Å². The van der Waals surface area contributed by atoms with Gasteiger partial charge in [-0.2, -0.15) is 0 Å². The zero-order valence-electron chi connectivity index (χ0n) is 17.9. The van der Waals surface area contributed by atoms with Gasteiger partial charge in [0.25, 0.3) is 11.8 Å². The minimum atomic E-state index is -1.14. The lowest BCUT2D eigenvalue weighted by molar-refractivity contribution is -0.139. The van der Waals surface area contributed by atoms with E-state index >= 15 is 0 Å². The smallest absolute Gasteiger partial charge is 0.343 e. The Balaban J connectivity index is 1.81. The number of carboxylic acid groups (broad SMARTS) is 1. The zero-order valence-corrected chi connectivity index (χ0v) is 21.0. The number of halogens is 2. The minimum Gasteiger partial charge on any atom is -0.480 e. The number of hydrogen-bond acceptors (Lipinski definition) is 5. The van der Waals surface area contributed by atoms with E-state index in [1.807, 2.05) is 0 Å². The van der Waals surface area contributed by atoms with Gasteiger partial charge in [-0.3, -0.25) is 9.59 Å². The maximum atomic E-state index is 13.4. The van der Waals surface area contributed by atoms with Crippen LogP contribution in [-0.4, -0.2) is 35.5 Å². The Bertz CT molecular complexity index is 1270. The predicted octanol–water partition coefficient (Wildman–Crippen LogP) is 5.26. The van der Waals surface area contributed by atoms with Gasteiger partial charge in [-0.15, -0.1) is 0 Å². The number of ether oxygens (including phenoxy) is 1. The van der Waals surface area contributed by atoms with E-state index in [2.05, 4.69) is 31.9 Å². The van der Waals surface area contributed by atoms with Crippen LogP contribution in [0, 0.1) is 0 Å². The molecule has 0 saturated carbocycles. The molecule has 8 nitrogen and oxygen atoms in total. The van der Waals surface area contributed by atoms with Crippen LogP contribution in [0.15, 0.2) is 87.3 Å². The molecule has 1 heterocycles. The summed E-state index contributed by atoms with van der Waals surface area (Å²) in [6.07, 6.45) is 1.37. The Labute approximate surface area is 216 Å². The molecule has 0 unspecified atom stereocenters. The number of benzene rings is 3. The molecule has 0 spiro atoms. The average molecular weight is 600 g/mol. The van der Waals surface area contributed by atoms with Gasteiger partial charge < -0.3 is 9.84 Å². The lowest BCUT2D eigenvalue weighted by atomic mass is 10.0. The van der Waals surface area contributed by atoms with Crippen LogP contribution in [0.5, 0.6) is 5.75 Å². The predicted molar refractivity (Wildman–Crippen MR) is 136 cm³/mol. The molecular formula is C25H16Br2N2O6. The van der Waals surface area contributed by atoms with E-state index in [9.17, 15) is 19.2 Å². The molecule has 0 bridgehead atoms. The lowest BCUT2D eigenvalue weighted by Gasteiger charge is -2.33. The summed E-state index contributed by atoms with van der Waals surface area (Å²) in [5, 5.41) is 8.87. The number of carboxylic acids is 1. The number of amides is 4. The van der Waals surface area contributed by atoms with E-state index in [1.165, 1.54) is 6.08 Å². The molecule has 1 N–H and O–H groups in total. The molecule has 1 saturated heterocycles. The third-order valence-electron chi connectivity index (χ3n) is 4.95. The molecule has 0 aromatic heterocycles. The van der Waals surface area contributed by atoms with Crippen molar-refractivity contribution < 1.29 is 29.0 Å². The second-order valence-electron chi connectivity index (χ2n) is 7.29. The van der Waals surface area contributed by atoms with Crippen LogP contribution >= 0.6 is 31.9 Å². The number of urea groups is 1. The number of imide groups is 2. The molecule has 4 amide bonds. The van der Waals surface area contributed by atoms with E-state index in [-0.39, 0.29) is 11.3 Å². The molecule has 0 aliphatic carbocycles. The third kappa shape index (κ3) is 5.03. The second kappa shape index (κ2) is 10.2. The van der Waals surface area contributed by atoms with Gasteiger partial charge in [0.1, 0.15) is 11.3 Å². The van der Waals surface area contributed by atoms with Gasteiger partial charge >= 0.3 is 12.0 Å². The van der Waals surface area contributed by atoms with Crippen LogP contribution in [0.25, 0.3) is 6.08 Å². The highest BCUT2D eigenvalue weighted by molar-refractivity contribution is 9.11. The number of carbonyl (C=O) groups is 4. The van der Waals surface area contributed by atoms with Crippen molar-refractivity contribution in [2.75, 3.05) is 16.4 Å². The van der Waals surface area contributed by atoms with Crippen molar-refractivity contribution >= 4 is 73.1 Å². The molecule has 0 atom stereocenters. The number of carbonyl (C=O) groups excluding carboxylic acids is 3. The van der Waals surface area contributed by atoms with Crippen molar-refractivity contribution in [3.05, 3.63) is 92.9 Å². The van der Waals surface area contributed by atoms with Crippen LogP contribution in [0.3, 0.4) is 0 Å². The van der Waals surface area contributed by atoms with E-state index in [0.29, 0.717) is 25.9 Å². The number of nitrogens with zero attached hydrogens (tertiary/aromatic N) is 2. The molecule has 176 valence electrons. The summed E-state index contributed by atoms with van der Waals surface area (Å²) in [4.78, 5) is 52.9. The van der Waals surface area contributed by atoms with E-state index in [0.717, 1.165) is 9.80 Å². The van der Waals surface area contributed by atoms with Gasteiger partial charge in [0.05, 0.1) is 20.3 Å². The van der Waals surface area contributed by atoms with Gasteiger partial charge in [0.2, 0.25) is 0 Å². The summed E-state index contributed by atoms with van der Waals surface area (Å²) in [7, 11) is 0. The molecule has 3 aromatic rings. The van der Waals surface area contributed by atoms with Crippen molar-refractivity contribution in [2.45, 2.75) is 0 Å². The molecule has 35 heavy (non-hydrogen) atoms. The van der Waals surface area contributed by atoms with Gasteiger partial charge in [-0.1, -0.05) is 36.4 Å². The first kappa shape index (κ1) is 24.4. The Kier molecular flexibility index (Phi) is 7.13. The molecule has 1 aliphatic rings. The van der Waals surface area contributed by atoms with Gasteiger partial charge in [-0.05, 0) is 79.9 Å². The normalized spacial score (nSPS) is 13.8. The molecule has 10 heteroatoms. The van der Waals surface area contributed by atoms with Crippen LogP contribution in [0.1, 0.15) is 5.56 Å². The standard InChI is InChI=1S/C25H16Br2N2O6/c26-19-12-15(13-20(27)22(19)35-14-21(30)31)11-18-23(32)28(16-7-3-1-4-8-16)25(34)29(24(18)33)17-9-5-2-6-10-17/h1-13H,14H2,(H,30,31). The fourth-order valence-electron chi connectivity index (χ4n) is 3.44. The molecule has 1 fully saturated rings. The molecule has 3 aromatic carbocycles. The van der Waals surface area contributed by atoms with Gasteiger partial charge in [-0.25, -0.2) is 19.4 Å². The maximum Gasteiger partial charge on any atom is 0.343 e. The van der Waals surface area contributed by atoms with Crippen LogP contribution in [-0.2, 0) is 14.4 Å². The summed E-state index contributed by atoms with van der Waals surface area (Å²) < 4.78 is 6.09. The molecule has 1 aliphatic heterocycles. The average Bonchev–Trinajstić information content (AvgIpc) is 2.82. The zero-order chi connectivity index (χ0) is 25.1. The van der Waals surface area contributed by atoms with Crippen LogP contribution < -0.4 is 14.5 Å². The van der Waals surface area contributed by atoms with E-state index < -0.39 is 30.4 Å². The van der Waals surface area contributed by atoms with Crippen molar-refractivity contribution in [3.8, 4) is 5.75 Å². The van der Waals surface area contributed by atoms with Crippen molar-refractivity contribution in [3.63, 3.8) is 0 Å². The molecule has 4 rings (SSSR count). The number of rotatable bonds is 6. The third-order valence-corrected chi connectivity index (χ3v) is 6.13. The largest absolute Gasteiger partial charge is 0.480 e. The fraction of sp³-hybridized carbons (Fsp3) is 0.0400. The molecular weight excluding hydrogens is 584 g/mol. The van der Waals surface area contributed by atoms with E-state index in [1.54, 1.807) is 72.8 Å². The Hall–Kier alpha value is -3.76. The van der Waals surface area contributed by atoms with Crippen molar-refractivity contribution in [1.82, 2.24) is 0 Å². The summed E-state index contributed by atoms with van der Waals surface area (Å²) in [5.41, 5.74) is 0.858. The quantitative estimate of drug-likeness (QED) is 0.306. The number of anilines is 2. The number of hydrogen-bond donors (Lipinski definition) is 1. The maximum absolute atomic E-state index is 13.4. The lowest BCUT2D eigenvalue weighted by Crippen LogP contribution is -2.57. The Morgan fingerprint density at radius 1 is 0.829 bits per heavy atom. The first-order valence-corrected chi connectivity index (χ1v) is 11.7. The fourth-order valence-corrected chi connectivity index (χ4v) is 4.89. The first-order chi connectivity index (χ1) is 16.8. The first-order valence-electron chi connectivity index (χ1n) is 10.2. The number of aliphatic carboxylic acids is 1. The van der Waals surface area contributed by atoms with Gasteiger partial charge in [0.15, 0.2) is 6.61 Å². The highest BCUT2D eigenvalue weighted by Crippen LogP contribution is 2.36. The Morgan fingerprint density at radius 2 is 1.29 bits per heavy atom. The van der Waals surface area contributed by atoms with Crippen LogP contribution in [0.2, 0.25) is 0 Å². The van der Waals surface area contributed by atoms with Gasteiger partial charge in [0, 0.05) is 0 Å².